The number of aliphatic hydroxyl groups excluding tert-OH is 1. The second-order valence-corrected chi connectivity index (χ2v) is 5.86. The van der Waals surface area contributed by atoms with Crippen molar-refractivity contribution < 1.29 is 14.6 Å². The number of carbonyl (C=O) groups excluding carboxylic acids is 1. The van der Waals surface area contributed by atoms with Crippen molar-refractivity contribution in [2.45, 2.75) is 44.6 Å². The summed E-state index contributed by atoms with van der Waals surface area (Å²) >= 11 is 0. The standard InChI is InChI=1S/C16H23NO3/c1-12(2)13-5-3-6-14(9-13)20-10-15(19)17-16(11-18)7-4-8-16/h3,5-6,9,12,18H,4,7-8,10-11H2,1-2H3,(H,17,19). The number of nitrogens with one attached hydrogen (secondary N) is 1. The Morgan fingerprint density at radius 2 is 2.20 bits per heavy atom. The van der Waals surface area contributed by atoms with Gasteiger partial charge in [0.05, 0.1) is 12.1 Å². The molecule has 4 nitrogen and oxygen atoms in total. The van der Waals surface area contributed by atoms with E-state index in [0.717, 1.165) is 19.3 Å². The van der Waals surface area contributed by atoms with Gasteiger partial charge in [0.15, 0.2) is 6.61 Å². The summed E-state index contributed by atoms with van der Waals surface area (Å²) in [5.74, 6) is 0.965. The van der Waals surface area contributed by atoms with E-state index in [1.54, 1.807) is 0 Å². The van der Waals surface area contributed by atoms with Crippen LogP contribution in [0, 0.1) is 0 Å². The van der Waals surface area contributed by atoms with Gasteiger partial charge in [-0.2, -0.15) is 0 Å². The molecule has 1 aromatic carbocycles. The Morgan fingerprint density at radius 3 is 2.75 bits per heavy atom. The minimum atomic E-state index is -0.403. The third-order valence-electron chi connectivity index (χ3n) is 3.91. The molecule has 20 heavy (non-hydrogen) atoms. The normalized spacial score (nSPS) is 16.6. The van der Waals surface area contributed by atoms with E-state index in [4.69, 9.17) is 4.74 Å². The fourth-order valence-electron chi connectivity index (χ4n) is 2.37. The summed E-state index contributed by atoms with van der Waals surface area (Å²) in [5.41, 5.74) is 0.786. The van der Waals surface area contributed by atoms with Gasteiger partial charge in [0.1, 0.15) is 5.75 Å². The zero-order chi connectivity index (χ0) is 14.6. The van der Waals surface area contributed by atoms with Crippen LogP contribution in [0.15, 0.2) is 24.3 Å². The SMILES string of the molecule is CC(C)c1cccc(OCC(=O)NC2(CO)CCC2)c1. The Morgan fingerprint density at radius 1 is 1.45 bits per heavy atom. The van der Waals surface area contributed by atoms with Gasteiger partial charge in [0, 0.05) is 0 Å². The maximum absolute atomic E-state index is 11.9. The number of amides is 1. The van der Waals surface area contributed by atoms with Crippen LogP contribution in [0.2, 0.25) is 0 Å². The Balaban J connectivity index is 1.85. The van der Waals surface area contributed by atoms with E-state index in [2.05, 4.69) is 19.2 Å². The molecule has 1 aromatic rings. The Bertz CT molecular complexity index is 461. The molecule has 0 aromatic heterocycles. The number of benzene rings is 1. The highest BCUT2D eigenvalue weighted by Gasteiger charge is 2.37. The molecule has 2 N–H and O–H groups in total. The van der Waals surface area contributed by atoms with E-state index in [1.807, 2.05) is 24.3 Å². The van der Waals surface area contributed by atoms with Crippen molar-refractivity contribution in [3.63, 3.8) is 0 Å². The number of hydrogen-bond donors (Lipinski definition) is 2. The first kappa shape index (κ1) is 14.9. The third kappa shape index (κ3) is 3.51. The molecule has 0 spiro atoms. The Labute approximate surface area is 120 Å². The van der Waals surface area contributed by atoms with Crippen LogP contribution in [0.4, 0.5) is 0 Å². The lowest BCUT2D eigenvalue weighted by atomic mass is 9.77. The van der Waals surface area contributed by atoms with Gasteiger partial charge in [0.25, 0.3) is 5.91 Å². The van der Waals surface area contributed by atoms with Crippen molar-refractivity contribution >= 4 is 5.91 Å². The molecule has 4 heteroatoms. The van der Waals surface area contributed by atoms with Crippen LogP contribution >= 0.6 is 0 Å². The van der Waals surface area contributed by atoms with Gasteiger partial charge >= 0.3 is 0 Å². The van der Waals surface area contributed by atoms with E-state index in [0.29, 0.717) is 11.7 Å². The van der Waals surface area contributed by atoms with Crippen LogP contribution < -0.4 is 10.1 Å². The van der Waals surface area contributed by atoms with Gasteiger partial charge in [-0.3, -0.25) is 4.79 Å². The highest BCUT2D eigenvalue weighted by atomic mass is 16.5. The van der Waals surface area contributed by atoms with Crippen molar-refractivity contribution in [2.75, 3.05) is 13.2 Å². The van der Waals surface area contributed by atoms with Crippen LogP contribution in [0.25, 0.3) is 0 Å². The van der Waals surface area contributed by atoms with Crippen molar-refractivity contribution in [1.82, 2.24) is 5.32 Å². The molecule has 2 rings (SSSR count). The van der Waals surface area contributed by atoms with Crippen molar-refractivity contribution in [2.24, 2.45) is 0 Å². The molecule has 0 saturated heterocycles. The van der Waals surface area contributed by atoms with Gasteiger partial charge in [-0.05, 0) is 42.9 Å². The van der Waals surface area contributed by atoms with Gasteiger partial charge in [-0.25, -0.2) is 0 Å². The summed E-state index contributed by atoms with van der Waals surface area (Å²) in [7, 11) is 0. The lowest BCUT2D eigenvalue weighted by Crippen LogP contribution is -2.57. The molecule has 1 fully saturated rings. The number of ether oxygens (including phenoxy) is 1. The summed E-state index contributed by atoms with van der Waals surface area (Å²) in [6.45, 7) is 4.23. The smallest absolute Gasteiger partial charge is 0.258 e. The largest absolute Gasteiger partial charge is 0.484 e. The minimum Gasteiger partial charge on any atom is -0.484 e. The first-order chi connectivity index (χ1) is 9.54. The number of rotatable bonds is 6. The Kier molecular flexibility index (Phi) is 4.65. The predicted octanol–water partition coefficient (Wildman–Crippen LogP) is 2.22. The molecule has 0 atom stereocenters. The summed E-state index contributed by atoms with van der Waals surface area (Å²) in [5, 5.41) is 12.2. The number of aliphatic hydroxyl groups is 1. The molecule has 1 aliphatic carbocycles. The van der Waals surface area contributed by atoms with Crippen LogP contribution in [0.5, 0.6) is 5.75 Å². The second kappa shape index (κ2) is 6.27. The molecule has 0 aliphatic heterocycles. The first-order valence-electron chi connectivity index (χ1n) is 7.19. The molecule has 0 radical (unpaired) electrons. The van der Waals surface area contributed by atoms with E-state index in [9.17, 15) is 9.90 Å². The van der Waals surface area contributed by atoms with E-state index < -0.39 is 5.54 Å². The van der Waals surface area contributed by atoms with E-state index in [1.165, 1.54) is 5.56 Å². The van der Waals surface area contributed by atoms with Gasteiger partial charge in [0.2, 0.25) is 0 Å². The molecule has 1 amide bonds. The number of carbonyl (C=O) groups is 1. The average Bonchev–Trinajstić information content (AvgIpc) is 2.41. The highest BCUT2D eigenvalue weighted by molar-refractivity contribution is 5.78. The van der Waals surface area contributed by atoms with E-state index >= 15 is 0 Å². The zero-order valence-corrected chi connectivity index (χ0v) is 12.2. The maximum Gasteiger partial charge on any atom is 0.258 e. The highest BCUT2D eigenvalue weighted by Crippen LogP contribution is 2.31. The van der Waals surface area contributed by atoms with Crippen LogP contribution in [-0.2, 0) is 4.79 Å². The third-order valence-corrected chi connectivity index (χ3v) is 3.91. The molecule has 1 aliphatic rings. The predicted molar refractivity (Wildman–Crippen MR) is 77.8 cm³/mol. The first-order valence-corrected chi connectivity index (χ1v) is 7.19. The fraction of sp³-hybridized carbons (Fsp3) is 0.562. The fourth-order valence-corrected chi connectivity index (χ4v) is 2.37. The van der Waals surface area contributed by atoms with Crippen LogP contribution in [0.3, 0.4) is 0 Å². The summed E-state index contributed by atoms with van der Waals surface area (Å²) in [4.78, 5) is 11.9. The monoisotopic (exact) mass is 277 g/mol. The molecule has 0 heterocycles. The van der Waals surface area contributed by atoms with Gasteiger partial charge in [-0.1, -0.05) is 26.0 Å². The topological polar surface area (TPSA) is 58.6 Å². The van der Waals surface area contributed by atoms with E-state index in [-0.39, 0.29) is 19.1 Å². The molecule has 110 valence electrons. The summed E-state index contributed by atoms with van der Waals surface area (Å²) < 4.78 is 5.52. The average molecular weight is 277 g/mol. The lowest BCUT2D eigenvalue weighted by Gasteiger charge is -2.40. The van der Waals surface area contributed by atoms with Crippen molar-refractivity contribution in [3.05, 3.63) is 29.8 Å². The van der Waals surface area contributed by atoms with Gasteiger partial charge in [-0.15, -0.1) is 0 Å². The van der Waals surface area contributed by atoms with Crippen molar-refractivity contribution in [3.8, 4) is 5.75 Å². The van der Waals surface area contributed by atoms with Crippen molar-refractivity contribution in [1.29, 1.82) is 0 Å². The summed E-state index contributed by atoms with van der Waals surface area (Å²) in [6.07, 6.45) is 2.74. The quantitative estimate of drug-likeness (QED) is 0.838. The van der Waals surface area contributed by atoms with Gasteiger partial charge < -0.3 is 15.2 Å². The summed E-state index contributed by atoms with van der Waals surface area (Å²) in [6, 6.07) is 7.80. The molecule has 0 unspecified atom stereocenters. The van der Waals surface area contributed by atoms with Crippen LogP contribution in [-0.4, -0.2) is 29.8 Å². The van der Waals surface area contributed by atoms with Crippen LogP contribution in [0.1, 0.15) is 44.6 Å². The maximum atomic E-state index is 11.9. The number of hydrogen-bond acceptors (Lipinski definition) is 3. The molecule has 0 bridgehead atoms. The lowest BCUT2D eigenvalue weighted by molar-refractivity contribution is -0.127. The second-order valence-electron chi connectivity index (χ2n) is 5.86. The molecular formula is C16H23NO3. The minimum absolute atomic E-state index is 0.00156. The molecular weight excluding hydrogens is 254 g/mol. The molecule has 1 saturated carbocycles. The Hall–Kier alpha value is -1.55. The zero-order valence-electron chi connectivity index (χ0n) is 12.2.